The topological polar surface area (TPSA) is 67.8 Å². The molecule has 0 saturated carbocycles. The van der Waals surface area contributed by atoms with Gasteiger partial charge in [0.2, 0.25) is 0 Å². The Hall–Kier alpha value is -0.650. The highest BCUT2D eigenvalue weighted by Gasteiger charge is 1.94. The van der Waals surface area contributed by atoms with E-state index in [2.05, 4.69) is 5.32 Å². The van der Waals surface area contributed by atoms with Crippen molar-refractivity contribution in [2.45, 2.75) is 12.8 Å². The van der Waals surface area contributed by atoms with Crippen LogP contribution in [0.2, 0.25) is 0 Å². The zero-order chi connectivity index (χ0) is 10.6. The van der Waals surface area contributed by atoms with Crippen LogP contribution in [0, 0.1) is 0 Å². The Labute approximate surface area is 84.4 Å². The molecule has 5 nitrogen and oxygen atoms in total. The fraction of sp³-hybridized carbons (Fsp3) is 0.889. The fourth-order valence-corrected chi connectivity index (χ4v) is 0.864. The summed E-state index contributed by atoms with van der Waals surface area (Å²) in [5.41, 5.74) is 0. The lowest BCUT2D eigenvalue weighted by Crippen LogP contribution is -2.20. The number of rotatable bonds is 10. The lowest BCUT2D eigenvalue weighted by atomic mass is 10.4. The van der Waals surface area contributed by atoms with E-state index in [1.54, 1.807) is 7.11 Å². The standard InChI is InChI=1S/C9H19NO4/c1-13-7-8-14-6-2-4-10-5-3-9(11)12/h10H,2-8H2,1H3,(H,11,12). The third kappa shape index (κ3) is 11.4. The molecule has 0 fully saturated rings. The van der Waals surface area contributed by atoms with Gasteiger partial charge in [-0.15, -0.1) is 0 Å². The van der Waals surface area contributed by atoms with Crippen molar-refractivity contribution in [3.05, 3.63) is 0 Å². The molecule has 0 unspecified atom stereocenters. The van der Waals surface area contributed by atoms with Crippen molar-refractivity contribution >= 4 is 5.97 Å². The van der Waals surface area contributed by atoms with E-state index >= 15 is 0 Å². The molecule has 0 amide bonds. The molecule has 0 aromatic heterocycles. The quantitative estimate of drug-likeness (QED) is 0.495. The molecular weight excluding hydrogens is 186 g/mol. The van der Waals surface area contributed by atoms with Crippen LogP contribution in [0.1, 0.15) is 12.8 Å². The predicted molar refractivity (Wildman–Crippen MR) is 52.4 cm³/mol. The molecule has 0 atom stereocenters. The first-order chi connectivity index (χ1) is 6.77. The number of carbonyl (C=O) groups is 1. The molecule has 5 heteroatoms. The number of hydrogen-bond donors (Lipinski definition) is 2. The summed E-state index contributed by atoms with van der Waals surface area (Å²) >= 11 is 0. The molecular formula is C9H19NO4. The summed E-state index contributed by atoms with van der Waals surface area (Å²) in [6.45, 7) is 3.23. The van der Waals surface area contributed by atoms with Crippen LogP contribution in [0.4, 0.5) is 0 Å². The fourth-order valence-electron chi connectivity index (χ4n) is 0.864. The molecule has 0 rings (SSSR count). The van der Waals surface area contributed by atoms with Gasteiger partial charge in [0.15, 0.2) is 0 Å². The highest BCUT2D eigenvalue weighted by atomic mass is 16.5. The van der Waals surface area contributed by atoms with Gasteiger partial charge in [-0.3, -0.25) is 4.79 Å². The highest BCUT2D eigenvalue weighted by molar-refractivity contribution is 5.66. The Balaban J connectivity index is 2.88. The van der Waals surface area contributed by atoms with Crippen molar-refractivity contribution < 1.29 is 19.4 Å². The van der Waals surface area contributed by atoms with Crippen LogP contribution in [0.5, 0.6) is 0 Å². The molecule has 14 heavy (non-hydrogen) atoms. The number of ether oxygens (including phenoxy) is 2. The molecule has 0 aliphatic heterocycles. The zero-order valence-electron chi connectivity index (χ0n) is 8.62. The first-order valence-corrected chi connectivity index (χ1v) is 4.76. The maximum absolute atomic E-state index is 10.1. The van der Waals surface area contributed by atoms with Crippen LogP contribution >= 0.6 is 0 Å². The largest absolute Gasteiger partial charge is 0.481 e. The highest BCUT2D eigenvalue weighted by Crippen LogP contribution is 1.82. The SMILES string of the molecule is COCCOCCCNCCC(=O)O. The van der Waals surface area contributed by atoms with E-state index in [-0.39, 0.29) is 6.42 Å². The summed E-state index contributed by atoms with van der Waals surface area (Å²) in [4.78, 5) is 10.1. The maximum atomic E-state index is 10.1. The predicted octanol–water partition coefficient (Wildman–Crippen LogP) is 0.104. The summed E-state index contributed by atoms with van der Waals surface area (Å²) in [5.74, 6) is -0.770. The van der Waals surface area contributed by atoms with Gasteiger partial charge in [0.05, 0.1) is 19.6 Å². The second-order valence-electron chi connectivity index (χ2n) is 2.85. The monoisotopic (exact) mass is 205 g/mol. The van der Waals surface area contributed by atoms with Crippen molar-refractivity contribution in [1.29, 1.82) is 0 Å². The first kappa shape index (κ1) is 13.4. The summed E-state index contributed by atoms with van der Waals surface area (Å²) in [7, 11) is 1.64. The van der Waals surface area contributed by atoms with E-state index in [1.165, 1.54) is 0 Å². The van der Waals surface area contributed by atoms with Crippen LogP contribution in [-0.4, -0.2) is 51.1 Å². The van der Waals surface area contributed by atoms with Crippen LogP contribution in [-0.2, 0) is 14.3 Å². The first-order valence-electron chi connectivity index (χ1n) is 4.76. The number of carboxylic acids is 1. The molecule has 84 valence electrons. The molecule has 0 aliphatic carbocycles. The van der Waals surface area contributed by atoms with Crippen LogP contribution < -0.4 is 5.32 Å². The number of aliphatic carboxylic acids is 1. The van der Waals surface area contributed by atoms with Gasteiger partial charge < -0.3 is 19.9 Å². The number of methoxy groups -OCH3 is 1. The number of nitrogens with one attached hydrogen (secondary N) is 1. The average Bonchev–Trinajstić information content (AvgIpc) is 2.15. The third-order valence-electron chi connectivity index (χ3n) is 1.59. The zero-order valence-corrected chi connectivity index (χ0v) is 8.62. The van der Waals surface area contributed by atoms with Crippen molar-refractivity contribution in [2.24, 2.45) is 0 Å². The van der Waals surface area contributed by atoms with E-state index in [9.17, 15) is 4.79 Å². The van der Waals surface area contributed by atoms with Gasteiger partial charge in [-0.25, -0.2) is 0 Å². The Morgan fingerprint density at radius 2 is 2.07 bits per heavy atom. The summed E-state index contributed by atoms with van der Waals surface area (Å²) in [6, 6.07) is 0. The number of hydrogen-bond acceptors (Lipinski definition) is 4. The van der Waals surface area contributed by atoms with E-state index in [0.717, 1.165) is 13.0 Å². The molecule has 0 saturated heterocycles. The Morgan fingerprint density at radius 1 is 1.29 bits per heavy atom. The minimum Gasteiger partial charge on any atom is -0.481 e. The van der Waals surface area contributed by atoms with Crippen molar-refractivity contribution in [1.82, 2.24) is 5.32 Å². The lowest BCUT2D eigenvalue weighted by Gasteiger charge is -2.04. The van der Waals surface area contributed by atoms with Crippen molar-refractivity contribution in [2.75, 3.05) is 40.0 Å². The molecule has 0 aromatic rings. The normalized spacial score (nSPS) is 10.4. The molecule has 0 bridgehead atoms. The van der Waals surface area contributed by atoms with Crippen LogP contribution in [0.25, 0.3) is 0 Å². The Kier molecular flexibility index (Phi) is 9.95. The van der Waals surface area contributed by atoms with Crippen molar-refractivity contribution in [3.8, 4) is 0 Å². The Bertz CT molecular complexity index is 141. The molecule has 2 N–H and O–H groups in total. The smallest absolute Gasteiger partial charge is 0.304 e. The third-order valence-corrected chi connectivity index (χ3v) is 1.59. The van der Waals surface area contributed by atoms with E-state index < -0.39 is 5.97 Å². The van der Waals surface area contributed by atoms with E-state index in [0.29, 0.717) is 26.4 Å². The molecule has 0 aromatic carbocycles. The molecule has 0 spiro atoms. The van der Waals surface area contributed by atoms with E-state index in [1.807, 2.05) is 0 Å². The summed E-state index contributed by atoms with van der Waals surface area (Å²) in [6.07, 6.45) is 1.06. The summed E-state index contributed by atoms with van der Waals surface area (Å²) < 4.78 is 10.0. The summed E-state index contributed by atoms with van der Waals surface area (Å²) in [5, 5.41) is 11.4. The van der Waals surface area contributed by atoms with E-state index in [4.69, 9.17) is 14.6 Å². The van der Waals surface area contributed by atoms with Gasteiger partial charge in [-0.1, -0.05) is 0 Å². The second kappa shape index (κ2) is 10.4. The van der Waals surface area contributed by atoms with Gasteiger partial charge >= 0.3 is 5.97 Å². The molecule has 0 radical (unpaired) electrons. The van der Waals surface area contributed by atoms with Crippen LogP contribution in [0.3, 0.4) is 0 Å². The minimum atomic E-state index is -0.770. The molecule has 0 heterocycles. The van der Waals surface area contributed by atoms with Gasteiger partial charge in [-0.2, -0.15) is 0 Å². The van der Waals surface area contributed by atoms with Gasteiger partial charge in [0, 0.05) is 20.3 Å². The lowest BCUT2D eigenvalue weighted by molar-refractivity contribution is -0.136. The van der Waals surface area contributed by atoms with Crippen molar-refractivity contribution in [3.63, 3.8) is 0 Å². The van der Waals surface area contributed by atoms with Crippen LogP contribution in [0.15, 0.2) is 0 Å². The Morgan fingerprint density at radius 3 is 2.71 bits per heavy atom. The average molecular weight is 205 g/mol. The number of carboxylic acid groups (broad SMARTS) is 1. The maximum Gasteiger partial charge on any atom is 0.304 e. The van der Waals surface area contributed by atoms with Gasteiger partial charge in [0.1, 0.15) is 0 Å². The minimum absolute atomic E-state index is 0.171. The van der Waals surface area contributed by atoms with Gasteiger partial charge in [-0.05, 0) is 13.0 Å². The van der Waals surface area contributed by atoms with Gasteiger partial charge in [0.25, 0.3) is 0 Å². The second-order valence-corrected chi connectivity index (χ2v) is 2.85. The molecule has 0 aliphatic rings.